The molecular formula is C12H13BrN4O2. The molecule has 0 saturated heterocycles. The number of nitro groups is 1. The predicted octanol–water partition coefficient (Wildman–Crippen LogP) is 2.34. The van der Waals surface area contributed by atoms with Crippen molar-refractivity contribution < 1.29 is 4.92 Å². The molecule has 7 heteroatoms. The van der Waals surface area contributed by atoms with Crippen LogP contribution in [0.4, 0.5) is 5.69 Å². The average Bonchev–Trinajstić information content (AvgIpc) is 2.89. The summed E-state index contributed by atoms with van der Waals surface area (Å²) in [6.07, 6.45) is 5.34. The number of nitrogens with zero attached hydrogens (tertiary/aromatic N) is 3. The van der Waals surface area contributed by atoms with Gasteiger partial charge in [-0.25, -0.2) is 4.98 Å². The Morgan fingerprint density at radius 1 is 1.47 bits per heavy atom. The molecule has 0 unspecified atom stereocenters. The quantitative estimate of drug-likeness (QED) is 0.503. The van der Waals surface area contributed by atoms with E-state index in [4.69, 9.17) is 0 Å². The number of hydrogen-bond donors (Lipinski definition) is 1. The van der Waals surface area contributed by atoms with Crippen molar-refractivity contribution in [3.63, 3.8) is 0 Å². The molecule has 0 aliphatic heterocycles. The van der Waals surface area contributed by atoms with Crippen LogP contribution in [0.1, 0.15) is 5.56 Å². The van der Waals surface area contributed by atoms with E-state index < -0.39 is 0 Å². The number of nitrogens with one attached hydrogen (secondary N) is 1. The number of aromatic nitrogens is 2. The van der Waals surface area contributed by atoms with E-state index in [-0.39, 0.29) is 10.6 Å². The van der Waals surface area contributed by atoms with Crippen LogP contribution in [0, 0.1) is 10.1 Å². The molecule has 1 N–H and O–H groups in total. The highest BCUT2D eigenvalue weighted by atomic mass is 79.9. The van der Waals surface area contributed by atoms with E-state index in [2.05, 4.69) is 26.2 Å². The fourth-order valence-corrected chi connectivity index (χ4v) is 2.06. The molecule has 1 heterocycles. The lowest BCUT2D eigenvalue weighted by molar-refractivity contribution is -0.385. The van der Waals surface area contributed by atoms with E-state index in [0.717, 1.165) is 13.1 Å². The lowest BCUT2D eigenvalue weighted by Crippen LogP contribution is -2.19. The van der Waals surface area contributed by atoms with Crippen LogP contribution in [-0.2, 0) is 13.1 Å². The van der Waals surface area contributed by atoms with Gasteiger partial charge in [0.1, 0.15) is 0 Å². The number of imidazole rings is 1. The smallest absolute Gasteiger partial charge is 0.275 e. The first-order valence-corrected chi connectivity index (χ1v) is 6.55. The molecule has 0 atom stereocenters. The van der Waals surface area contributed by atoms with Gasteiger partial charge in [-0.1, -0.05) is 15.9 Å². The van der Waals surface area contributed by atoms with Gasteiger partial charge in [0, 0.05) is 48.1 Å². The van der Waals surface area contributed by atoms with Crippen molar-refractivity contribution in [2.24, 2.45) is 0 Å². The van der Waals surface area contributed by atoms with Gasteiger partial charge in [-0.3, -0.25) is 10.1 Å². The fraction of sp³-hybridized carbons (Fsp3) is 0.250. The van der Waals surface area contributed by atoms with Gasteiger partial charge in [-0.15, -0.1) is 0 Å². The summed E-state index contributed by atoms with van der Waals surface area (Å²) in [7, 11) is 0. The second kappa shape index (κ2) is 6.44. The van der Waals surface area contributed by atoms with Gasteiger partial charge in [-0.05, 0) is 12.1 Å². The summed E-state index contributed by atoms with van der Waals surface area (Å²) in [5.74, 6) is 0. The summed E-state index contributed by atoms with van der Waals surface area (Å²) >= 11 is 3.24. The highest BCUT2D eigenvalue weighted by Gasteiger charge is 2.13. The van der Waals surface area contributed by atoms with E-state index in [1.807, 2.05) is 10.8 Å². The van der Waals surface area contributed by atoms with Crippen LogP contribution in [0.25, 0.3) is 0 Å². The number of halogens is 1. The highest BCUT2D eigenvalue weighted by molar-refractivity contribution is 9.10. The standard InChI is InChI=1S/C12H13BrN4O2/c13-11-2-1-10(12(7-11)17(18)19)8-14-3-5-16-6-4-15-9-16/h1-2,4,6-7,9,14H,3,5,8H2. The Morgan fingerprint density at radius 2 is 2.32 bits per heavy atom. The molecule has 0 aliphatic rings. The summed E-state index contributed by atoms with van der Waals surface area (Å²) in [6.45, 7) is 1.98. The largest absolute Gasteiger partial charge is 0.336 e. The molecule has 1 aromatic heterocycles. The molecule has 1 aromatic carbocycles. The summed E-state index contributed by atoms with van der Waals surface area (Å²) in [6, 6.07) is 5.08. The van der Waals surface area contributed by atoms with Gasteiger partial charge in [0.15, 0.2) is 0 Å². The van der Waals surface area contributed by atoms with Crippen molar-refractivity contribution in [2.45, 2.75) is 13.1 Å². The van der Waals surface area contributed by atoms with Gasteiger partial charge >= 0.3 is 0 Å². The number of rotatable bonds is 6. The average molecular weight is 325 g/mol. The molecule has 100 valence electrons. The Kier molecular flexibility index (Phi) is 4.64. The minimum absolute atomic E-state index is 0.129. The third kappa shape index (κ3) is 3.87. The summed E-state index contributed by atoms with van der Waals surface area (Å²) in [4.78, 5) is 14.5. The first kappa shape index (κ1) is 13.7. The minimum atomic E-state index is -0.363. The normalized spacial score (nSPS) is 10.6. The maximum atomic E-state index is 10.9. The maximum absolute atomic E-state index is 10.9. The van der Waals surface area contributed by atoms with Gasteiger partial charge in [0.2, 0.25) is 0 Å². The van der Waals surface area contributed by atoms with Crippen LogP contribution in [0.5, 0.6) is 0 Å². The zero-order valence-electron chi connectivity index (χ0n) is 10.1. The van der Waals surface area contributed by atoms with Gasteiger partial charge in [0.25, 0.3) is 5.69 Å². The van der Waals surface area contributed by atoms with Gasteiger partial charge < -0.3 is 9.88 Å². The molecule has 2 rings (SSSR count). The molecule has 2 aromatic rings. The van der Waals surface area contributed by atoms with E-state index in [1.165, 1.54) is 6.07 Å². The van der Waals surface area contributed by atoms with Crippen molar-refractivity contribution in [2.75, 3.05) is 6.54 Å². The van der Waals surface area contributed by atoms with Crippen molar-refractivity contribution in [1.82, 2.24) is 14.9 Å². The first-order chi connectivity index (χ1) is 9.16. The first-order valence-electron chi connectivity index (χ1n) is 5.76. The van der Waals surface area contributed by atoms with E-state index in [0.29, 0.717) is 16.6 Å². The molecule has 0 saturated carbocycles. The molecule has 0 spiro atoms. The number of benzene rings is 1. The summed E-state index contributed by atoms with van der Waals surface area (Å²) in [5.41, 5.74) is 0.809. The van der Waals surface area contributed by atoms with Crippen LogP contribution in [0.2, 0.25) is 0 Å². The Hall–Kier alpha value is -1.73. The monoisotopic (exact) mass is 324 g/mol. The molecule has 0 amide bonds. The van der Waals surface area contributed by atoms with Crippen LogP contribution in [0.3, 0.4) is 0 Å². The predicted molar refractivity (Wildman–Crippen MR) is 74.7 cm³/mol. The Balaban J connectivity index is 1.90. The molecule has 0 bridgehead atoms. The van der Waals surface area contributed by atoms with E-state index in [9.17, 15) is 10.1 Å². The van der Waals surface area contributed by atoms with Gasteiger partial charge in [0.05, 0.1) is 11.3 Å². The van der Waals surface area contributed by atoms with Crippen LogP contribution in [0.15, 0.2) is 41.4 Å². The highest BCUT2D eigenvalue weighted by Crippen LogP contribution is 2.23. The van der Waals surface area contributed by atoms with Gasteiger partial charge in [-0.2, -0.15) is 0 Å². The van der Waals surface area contributed by atoms with Crippen LogP contribution >= 0.6 is 15.9 Å². The fourth-order valence-electron chi connectivity index (χ4n) is 1.71. The molecule has 0 fully saturated rings. The molecule has 6 nitrogen and oxygen atoms in total. The minimum Gasteiger partial charge on any atom is -0.336 e. The molecule has 0 radical (unpaired) electrons. The Bertz CT molecular complexity index is 557. The maximum Gasteiger partial charge on any atom is 0.275 e. The lowest BCUT2D eigenvalue weighted by Gasteiger charge is -2.06. The van der Waals surface area contributed by atoms with Crippen molar-refractivity contribution in [3.8, 4) is 0 Å². The SMILES string of the molecule is O=[N+]([O-])c1cc(Br)ccc1CNCCn1ccnc1. The van der Waals surface area contributed by atoms with Crippen LogP contribution in [-0.4, -0.2) is 21.0 Å². The molecular weight excluding hydrogens is 312 g/mol. The van der Waals surface area contributed by atoms with Crippen molar-refractivity contribution >= 4 is 21.6 Å². The van der Waals surface area contributed by atoms with Crippen molar-refractivity contribution in [1.29, 1.82) is 0 Å². The molecule has 19 heavy (non-hydrogen) atoms. The van der Waals surface area contributed by atoms with Crippen molar-refractivity contribution in [3.05, 3.63) is 57.1 Å². The lowest BCUT2D eigenvalue weighted by atomic mass is 10.2. The second-order valence-electron chi connectivity index (χ2n) is 4.01. The number of nitro benzene ring substituents is 1. The van der Waals surface area contributed by atoms with E-state index in [1.54, 1.807) is 24.7 Å². The second-order valence-corrected chi connectivity index (χ2v) is 4.92. The number of hydrogen-bond acceptors (Lipinski definition) is 4. The summed E-state index contributed by atoms with van der Waals surface area (Å²) in [5, 5.41) is 14.1. The molecule has 0 aliphatic carbocycles. The van der Waals surface area contributed by atoms with E-state index >= 15 is 0 Å². The van der Waals surface area contributed by atoms with Crippen LogP contribution < -0.4 is 5.32 Å². The third-order valence-electron chi connectivity index (χ3n) is 2.67. The zero-order valence-corrected chi connectivity index (χ0v) is 11.7. The Morgan fingerprint density at radius 3 is 3.00 bits per heavy atom. The Labute approximate surface area is 118 Å². The topological polar surface area (TPSA) is 73.0 Å². The third-order valence-corrected chi connectivity index (χ3v) is 3.16. The summed E-state index contributed by atoms with van der Waals surface area (Å²) < 4.78 is 2.66. The zero-order chi connectivity index (χ0) is 13.7.